The van der Waals surface area contributed by atoms with Gasteiger partial charge in [0.2, 0.25) is 0 Å². The van der Waals surface area contributed by atoms with Crippen LogP contribution in [0.3, 0.4) is 0 Å². The first-order valence-electron chi connectivity index (χ1n) is 14.3. The highest BCUT2D eigenvalue weighted by Crippen LogP contribution is 2.34. The summed E-state index contributed by atoms with van der Waals surface area (Å²) in [6.07, 6.45) is 5.15. The minimum absolute atomic E-state index is 0.0203. The zero-order valence-electron chi connectivity index (χ0n) is 24.0. The van der Waals surface area contributed by atoms with Crippen LogP contribution in [-0.2, 0) is 22.5 Å². The Hall–Kier alpha value is -5.49. The van der Waals surface area contributed by atoms with E-state index < -0.39 is 12.0 Å². The van der Waals surface area contributed by atoms with E-state index in [2.05, 4.69) is 35.5 Å². The van der Waals surface area contributed by atoms with Crippen LogP contribution in [0.5, 0.6) is 0 Å². The van der Waals surface area contributed by atoms with E-state index in [0.717, 1.165) is 33.4 Å². The second kappa shape index (κ2) is 13.2. The number of amides is 2. The first-order chi connectivity index (χ1) is 21.5. The summed E-state index contributed by atoms with van der Waals surface area (Å²) < 4.78 is 10.8. The van der Waals surface area contributed by atoms with Crippen molar-refractivity contribution in [2.45, 2.75) is 13.0 Å². The topological polar surface area (TPSA) is 160 Å². The van der Waals surface area contributed by atoms with Crippen LogP contribution in [0.2, 0.25) is 0 Å². The number of anilines is 3. The number of nitrogens with two attached hydrogens (primary N) is 1. The van der Waals surface area contributed by atoms with E-state index in [1.807, 2.05) is 66.9 Å². The summed E-state index contributed by atoms with van der Waals surface area (Å²) in [5, 5.41) is 6.63. The molecule has 12 heteroatoms. The van der Waals surface area contributed by atoms with Crippen LogP contribution in [0, 0.1) is 0 Å². The molecule has 0 radical (unpaired) electrons. The smallest absolute Gasteiger partial charge is 0.407 e. The third-order valence-electron chi connectivity index (χ3n) is 7.30. The maximum absolute atomic E-state index is 13.5. The highest BCUT2D eigenvalue weighted by molar-refractivity contribution is 6.10. The summed E-state index contributed by atoms with van der Waals surface area (Å²) in [5.74, 6) is -0.457. The van der Waals surface area contributed by atoms with E-state index in [1.54, 1.807) is 6.20 Å². The summed E-state index contributed by atoms with van der Waals surface area (Å²) in [7, 11) is 0. The molecule has 1 fully saturated rings. The van der Waals surface area contributed by atoms with Crippen molar-refractivity contribution in [3.8, 4) is 11.3 Å². The van der Waals surface area contributed by atoms with E-state index >= 15 is 0 Å². The molecule has 0 spiro atoms. The largest absolute Gasteiger partial charge is 0.445 e. The zero-order valence-corrected chi connectivity index (χ0v) is 24.0. The fourth-order valence-electron chi connectivity index (χ4n) is 5.02. The number of alkyl carbamates (subject to hydrolysis) is 1. The molecule has 2 amide bonds. The lowest BCUT2D eigenvalue weighted by Crippen LogP contribution is -2.37. The summed E-state index contributed by atoms with van der Waals surface area (Å²) >= 11 is 0. The molecular formula is C32H32N8O4. The van der Waals surface area contributed by atoms with Crippen molar-refractivity contribution in [1.29, 1.82) is 0 Å². The number of hydrogen-bond donors (Lipinski definition) is 4. The molecule has 4 heterocycles. The quantitative estimate of drug-likeness (QED) is 0.197. The Morgan fingerprint density at radius 3 is 2.57 bits per heavy atom. The van der Waals surface area contributed by atoms with E-state index in [0.29, 0.717) is 50.7 Å². The van der Waals surface area contributed by atoms with E-state index in [-0.39, 0.29) is 18.1 Å². The second-order valence-electron chi connectivity index (χ2n) is 10.2. The number of benzene rings is 2. The van der Waals surface area contributed by atoms with Crippen molar-refractivity contribution < 1.29 is 19.1 Å². The Morgan fingerprint density at radius 2 is 1.77 bits per heavy atom. The van der Waals surface area contributed by atoms with Crippen molar-refractivity contribution in [3.63, 3.8) is 0 Å². The molecule has 12 nitrogen and oxygen atoms in total. The van der Waals surface area contributed by atoms with Crippen LogP contribution in [0.4, 0.5) is 22.0 Å². The summed E-state index contributed by atoms with van der Waals surface area (Å²) in [6, 6.07) is 19.1. The van der Waals surface area contributed by atoms with Crippen molar-refractivity contribution in [3.05, 3.63) is 96.1 Å². The minimum atomic E-state index is -0.482. The number of hydrogen-bond acceptors (Lipinski definition) is 9. The van der Waals surface area contributed by atoms with Crippen molar-refractivity contribution in [2.24, 2.45) is 0 Å². The Balaban J connectivity index is 1.10. The van der Waals surface area contributed by atoms with Crippen LogP contribution in [0.1, 0.15) is 21.6 Å². The van der Waals surface area contributed by atoms with Gasteiger partial charge in [-0.15, -0.1) is 0 Å². The van der Waals surface area contributed by atoms with Crippen LogP contribution < -0.4 is 21.3 Å². The number of morpholine rings is 1. The summed E-state index contributed by atoms with van der Waals surface area (Å²) in [4.78, 5) is 44.1. The maximum Gasteiger partial charge on any atom is 0.407 e. The molecule has 1 aliphatic heterocycles. The number of rotatable bonds is 9. The molecule has 6 rings (SSSR count). The molecule has 0 aliphatic carbocycles. The molecule has 1 aliphatic rings. The van der Waals surface area contributed by atoms with Crippen LogP contribution >= 0.6 is 0 Å². The number of fused-ring (bicyclic) bond motifs is 1. The van der Waals surface area contributed by atoms with Gasteiger partial charge in [0.1, 0.15) is 12.3 Å². The molecule has 1 saturated heterocycles. The fraction of sp³-hybridized carbons (Fsp3) is 0.219. The lowest BCUT2D eigenvalue weighted by molar-refractivity contribution is 0.102. The van der Waals surface area contributed by atoms with Gasteiger partial charge in [-0.25, -0.2) is 19.7 Å². The summed E-state index contributed by atoms with van der Waals surface area (Å²) in [6.45, 7) is 3.22. The molecule has 5 N–H and O–H groups in total. The number of ether oxygens (including phenoxy) is 2. The molecule has 5 aromatic rings. The monoisotopic (exact) mass is 592 g/mol. The molecule has 0 atom stereocenters. The molecular weight excluding hydrogens is 560 g/mol. The Morgan fingerprint density at radius 1 is 0.977 bits per heavy atom. The van der Waals surface area contributed by atoms with Crippen molar-refractivity contribution in [1.82, 2.24) is 25.3 Å². The Labute approximate surface area is 253 Å². The van der Waals surface area contributed by atoms with Crippen molar-refractivity contribution in [2.75, 3.05) is 48.8 Å². The lowest BCUT2D eigenvalue weighted by atomic mass is 10.1. The SMILES string of the molecule is Nc1ncc(-c2ccc(CCNC(=O)OCc3ccccc3)cc2)nc1C(=O)Nc1cnc2[nH]ccc2c1N1CCOCC1. The van der Waals surface area contributed by atoms with E-state index in [1.165, 1.54) is 6.20 Å². The predicted molar refractivity (Wildman–Crippen MR) is 167 cm³/mol. The van der Waals surface area contributed by atoms with Gasteiger partial charge in [0.25, 0.3) is 5.91 Å². The van der Waals surface area contributed by atoms with E-state index in [4.69, 9.17) is 15.2 Å². The molecule has 0 unspecified atom stereocenters. The highest BCUT2D eigenvalue weighted by Gasteiger charge is 2.22. The van der Waals surface area contributed by atoms with Gasteiger partial charge >= 0.3 is 6.09 Å². The first-order valence-corrected chi connectivity index (χ1v) is 14.3. The number of carbonyl (C=O) groups excluding carboxylic acids is 2. The van der Waals surface area contributed by atoms with Crippen LogP contribution in [0.15, 0.2) is 79.3 Å². The number of aromatic nitrogens is 4. The Bertz CT molecular complexity index is 1750. The van der Waals surface area contributed by atoms with Gasteiger partial charge in [0.15, 0.2) is 11.5 Å². The average Bonchev–Trinajstić information content (AvgIpc) is 3.54. The third-order valence-corrected chi connectivity index (χ3v) is 7.30. The molecule has 224 valence electrons. The number of carbonyl (C=O) groups is 2. The number of nitrogen functional groups attached to an aromatic ring is 1. The average molecular weight is 593 g/mol. The van der Waals surface area contributed by atoms with E-state index in [9.17, 15) is 9.59 Å². The second-order valence-corrected chi connectivity index (χ2v) is 10.2. The first kappa shape index (κ1) is 28.6. The van der Waals surface area contributed by atoms with Gasteiger partial charge in [0.05, 0.1) is 42.7 Å². The number of H-pyrrole nitrogens is 1. The fourth-order valence-corrected chi connectivity index (χ4v) is 5.02. The molecule has 3 aromatic heterocycles. The Kier molecular flexibility index (Phi) is 8.60. The van der Waals surface area contributed by atoms with Gasteiger partial charge in [-0.2, -0.15) is 0 Å². The normalized spacial score (nSPS) is 13.0. The molecule has 2 aromatic carbocycles. The van der Waals surface area contributed by atoms with Gasteiger partial charge in [-0.3, -0.25) is 4.79 Å². The number of nitrogens with zero attached hydrogens (tertiary/aromatic N) is 4. The standard InChI is InChI=1S/C32H32N8O4/c33-29-27(31(41)39-26-19-37-30-24(11-13-34-30)28(26)40-14-16-43-17-15-40)38-25(18-36-29)23-8-6-21(7-9-23)10-12-35-32(42)44-20-22-4-2-1-3-5-22/h1-9,11,13,18-19H,10,12,14-17,20H2,(H2,33,36)(H,34,37)(H,35,42)(H,39,41). The number of nitrogens with one attached hydrogen (secondary N) is 3. The number of pyridine rings is 1. The zero-order chi connectivity index (χ0) is 30.3. The minimum Gasteiger partial charge on any atom is -0.445 e. The van der Waals surface area contributed by atoms with Gasteiger partial charge < -0.3 is 35.7 Å². The summed E-state index contributed by atoms with van der Waals surface area (Å²) in [5.41, 5.74) is 11.5. The molecule has 44 heavy (non-hydrogen) atoms. The van der Waals surface area contributed by atoms with Crippen molar-refractivity contribution >= 4 is 40.2 Å². The lowest BCUT2D eigenvalue weighted by Gasteiger charge is -2.31. The van der Waals surface area contributed by atoms with Gasteiger partial charge in [-0.05, 0) is 23.6 Å². The third kappa shape index (κ3) is 6.60. The van der Waals surface area contributed by atoms with Gasteiger partial charge in [0, 0.05) is 36.8 Å². The molecule has 0 bridgehead atoms. The molecule has 0 saturated carbocycles. The highest BCUT2D eigenvalue weighted by atomic mass is 16.5. The van der Waals surface area contributed by atoms with Crippen LogP contribution in [-0.4, -0.2) is 64.8 Å². The maximum atomic E-state index is 13.5. The number of aromatic amines is 1. The predicted octanol–water partition coefficient (Wildman–Crippen LogP) is 4.16. The van der Waals surface area contributed by atoms with Crippen LogP contribution in [0.25, 0.3) is 22.3 Å². The van der Waals surface area contributed by atoms with Gasteiger partial charge in [-0.1, -0.05) is 54.6 Å².